The number of aromatic nitrogens is 1. The Morgan fingerprint density at radius 1 is 1.03 bits per heavy atom. The van der Waals surface area contributed by atoms with Crippen LogP contribution in [-0.2, 0) is 11.3 Å². The first-order valence-electron chi connectivity index (χ1n) is 11.8. The SMILES string of the molecule is Cc1ccc(-c2ccc3cc(C(=O)O)n(CC(=O)NCCN(C)C4CCCCC4)c3c2)cc1. The first-order valence-corrected chi connectivity index (χ1v) is 11.8. The van der Waals surface area contributed by atoms with Gasteiger partial charge < -0.3 is 19.9 Å². The average molecular weight is 448 g/mol. The molecule has 1 aromatic heterocycles. The quantitative estimate of drug-likeness (QED) is 0.525. The van der Waals surface area contributed by atoms with Crippen LogP contribution in [0.3, 0.4) is 0 Å². The van der Waals surface area contributed by atoms with Gasteiger partial charge in [0.1, 0.15) is 12.2 Å². The Hall–Kier alpha value is -3.12. The third kappa shape index (κ3) is 5.45. The number of carbonyl (C=O) groups is 2. The standard InChI is InChI=1S/C27H33N3O3/c1-19-8-10-20(11-9-19)21-12-13-22-17-25(27(32)33)30(24(22)16-21)18-26(31)28-14-15-29(2)23-6-4-3-5-7-23/h8-13,16-17,23H,3-7,14-15,18H2,1-2H3,(H,28,31)(H,32,33). The van der Waals surface area contributed by atoms with E-state index in [9.17, 15) is 14.7 Å². The van der Waals surface area contributed by atoms with Crippen LogP contribution in [0.15, 0.2) is 48.5 Å². The van der Waals surface area contributed by atoms with E-state index in [0.717, 1.165) is 28.6 Å². The summed E-state index contributed by atoms with van der Waals surface area (Å²) in [5.74, 6) is -1.21. The molecule has 0 unspecified atom stereocenters. The second-order valence-corrected chi connectivity index (χ2v) is 9.18. The van der Waals surface area contributed by atoms with Gasteiger partial charge in [-0.15, -0.1) is 0 Å². The van der Waals surface area contributed by atoms with E-state index in [2.05, 4.69) is 41.5 Å². The highest BCUT2D eigenvalue weighted by Crippen LogP contribution is 2.27. The van der Waals surface area contributed by atoms with E-state index in [-0.39, 0.29) is 18.1 Å². The minimum absolute atomic E-state index is 0.0182. The fraction of sp³-hybridized carbons (Fsp3) is 0.407. The average Bonchev–Trinajstić information content (AvgIpc) is 3.18. The summed E-state index contributed by atoms with van der Waals surface area (Å²) in [6.07, 6.45) is 6.34. The molecule has 1 amide bonds. The van der Waals surface area contributed by atoms with Gasteiger partial charge in [0.2, 0.25) is 5.91 Å². The monoisotopic (exact) mass is 447 g/mol. The van der Waals surface area contributed by atoms with Crippen molar-refractivity contribution in [3.05, 3.63) is 59.8 Å². The smallest absolute Gasteiger partial charge is 0.352 e. The van der Waals surface area contributed by atoms with E-state index in [1.807, 2.05) is 25.1 Å². The summed E-state index contributed by atoms with van der Waals surface area (Å²) >= 11 is 0. The zero-order valence-electron chi connectivity index (χ0n) is 19.5. The Labute approximate surface area is 195 Å². The normalized spacial score (nSPS) is 14.6. The number of nitrogens with one attached hydrogen (secondary N) is 1. The largest absolute Gasteiger partial charge is 0.477 e. The lowest BCUT2D eigenvalue weighted by Gasteiger charge is -2.31. The predicted molar refractivity (Wildman–Crippen MR) is 132 cm³/mol. The van der Waals surface area contributed by atoms with E-state index in [1.54, 1.807) is 10.6 Å². The second-order valence-electron chi connectivity index (χ2n) is 9.18. The third-order valence-corrected chi connectivity index (χ3v) is 6.79. The van der Waals surface area contributed by atoms with Crippen LogP contribution in [0.25, 0.3) is 22.0 Å². The number of rotatable bonds is 8. The van der Waals surface area contributed by atoms with E-state index in [1.165, 1.54) is 37.7 Å². The van der Waals surface area contributed by atoms with Crippen LogP contribution in [0, 0.1) is 6.92 Å². The third-order valence-electron chi connectivity index (χ3n) is 6.79. The summed E-state index contributed by atoms with van der Waals surface area (Å²) in [5.41, 5.74) is 4.11. The van der Waals surface area contributed by atoms with Crippen molar-refractivity contribution in [2.45, 2.75) is 51.6 Å². The Morgan fingerprint density at radius 2 is 1.73 bits per heavy atom. The van der Waals surface area contributed by atoms with E-state index in [4.69, 9.17) is 0 Å². The van der Waals surface area contributed by atoms with Crippen molar-refractivity contribution in [2.75, 3.05) is 20.1 Å². The number of aromatic carboxylic acids is 1. The summed E-state index contributed by atoms with van der Waals surface area (Å²) in [6, 6.07) is 16.3. The molecule has 174 valence electrons. The van der Waals surface area contributed by atoms with E-state index in [0.29, 0.717) is 12.6 Å². The summed E-state index contributed by atoms with van der Waals surface area (Å²) in [7, 11) is 2.12. The molecule has 1 fully saturated rings. The van der Waals surface area contributed by atoms with Gasteiger partial charge in [0.05, 0.1) is 0 Å². The number of likely N-dealkylation sites (N-methyl/N-ethyl adjacent to an activating group) is 1. The molecule has 0 atom stereocenters. The Bertz CT molecular complexity index is 1130. The highest BCUT2D eigenvalue weighted by molar-refractivity contribution is 5.97. The molecular weight excluding hydrogens is 414 g/mol. The van der Waals surface area contributed by atoms with Crippen LogP contribution >= 0.6 is 0 Å². The second kappa shape index (κ2) is 10.2. The number of aryl methyl sites for hydroxylation is 1. The van der Waals surface area contributed by atoms with Crippen LogP contribution in [-0.4, -0.2) is 52.6 Å². The number of hydrogen-bond acceptors (Lipinski definition) is 3. The van der Waals surface area contributed by atoms with Gasteiger partial charge in [-0.3, -0.25) is 4.79 Å². The maximum Gasteiger partial charge on any atom is 0.352 e. The number of nitrogens with zero attached hydrogens (tertiary/aromatic N) is 2. The lowest BCUT2D eigenvalue weighted by molar-refractivity contribution is -0.121. The molecule has 1 aliphatic rings. The number of carboxylic acid groups (broad SMARTS) is 1. The highest BCUT2D eigenvalue weighted by atomic mass is 16.4. The van der Waals surface area contributed by atoms with Gasteiger partial charge in [-0.05, 0) is 50.1 Å². The van der Waals surface area contributed by atoms with Crippen LogP contribution in [0.5, 0.6) is 0 Å². The van der Waals surface area contributed by atoms with Gasteiger partial charge in [0.15, 0.2) is 0 Å². The summed E-state index contributed by atoms with van der Waals surface area (Å²) in [6.45, 7) is 3.38. The molecule has 4 rings (SSSR count). The number of amides is 1. The molecule has 33 heavy (non-hydrogen) atoms. The zero-order valence-corrected chi connectivity index (χ0v) is 19.5. The van der Waals surface area contributed by atoms with Gasteiger partial charge in [-0.25, -0.2) is 4.79 Å². The first kappa shape index (κ1) is 23.1. The summed E-state index contributed by atoms with van der Waals surface area (Å²) in [5, 5.41) is 13.5. The van der Waals surface area contributed by atoms with Crippen LogP contribution in [0.4, 0.5) is 0 Å². The summed E-state index contributed by atoms with van der Waals surface area (Å²) in [4.78, 5) is 27.0. The molecule has 1 aliphatic carbocycles. The lowest BCUT2D eigenvalue weighted by atomic mass is 9.94. The van der Waals surface area contributed by atoms with Crippen molar-refractivity contribution >= 4 is 22.8 Å². The minimum atomic E-state index is -1.03. The van der Waals surface area contributed by atoms with Crippen LogP contribution in [0.2, 0.25) is 0 Å². The molecule has 6 nitrogen and oxygen atoms in total. The van der Waals surface area contributed by atoms with Gasteiger partial charge in [0.25, 0.3) is 0 Å². The zero-order chi connectivity index (χ0) is 23.4. The Morgan fingerprint density at radius 3 is 2.42 bits per heavy atom. The first-order chi connectivity index (χ1) is 15.9. The molecule has 0 radical (unpaired) electrons. The van der Waals surface area contributed by atoms with E-state index >= 15 is 0 Å². The molecule has 3 aromatic rings. The van der Waals surface area contributed by atoms with Gasteiger partial charge in [-0.2, -0.15) is 0 Å². The van der Waals surface area contributed by atoms with Gasteiger partial charge in [-0.1, -0.05) is 61.2 Å². The number of carbonyl (C=O) groups excluding carboxylic acids is 1. The molecule has 0 saturated heterocycles. The number of carboxylic acids is 1. The summed E-state index contributed by atoms with van der Waals surface area (Å²) < 4.78 is 1.61. The van der Waals surface area contributed by atoms with Gasteiger partial charge in [0, 0.05) is 30.0 Å². The molecule has 2 N–H and O–H groups in total. The Balaban J connectivity index is 1.48. The van der Waals surface area contributed by atoms with Crippen molar-refractivity contribution < 1.29 is 14.7 Å². The fourth-order valence-electron chi connectivity index (χ4n) is 4.80. The molecule has 1 heterocycles. The minimum Gasteiger partial charge on any atom is -0.477 e. The molecular formula is C27H33N3O3. The number of hydrogen-bond donors (Lipinski definition) is 2. The van der Waals surface area contributed by atoms with E-state index < -0.39 is 5.97 Å². The van der Waals surface area contributed by atoms with Crippen molar-refractivity contribution in [3.8, 4) is 11.1 Å². The van der Waals surface area contributed by atoms with Crippen molar-refractivity contribution in [2.24, 2.45) is 0 Å². The molecule has 6 heteroatoms. The number of benzene rings is 2. The number of fused-ring (bicyclic) bond motifs is 1. The topological polar surface area (TPSA) is 74.6 Å². The van der Waals surface area contributed by atoms with Crippen molar-refractivity contribution in [3.63, 3.8) is 0 Å². The predicted octanol–water partition coefficient (Wildman–Crippen LogP) is 4.70. The lowest BCUT2D eigenvalue weighted by Crippen LogP contribution is -2.40. The molecule has 2 aromatic carbocycles. The fourth-order valence-corrected chi connectivity index (χ4v) is 4.80. The molecule has 1 saturated carbocycles. The highest BCUT2D eigenvalue weighted by Gasteiger charge is 2.19. The van der Waals surface area contributed by atoms with Crippen LogP contribution < -0.4 is 5.32 Å². The van der Waals surface area contributed by atoms with Gasteiger partial charge >= 0.3 is 5.97 Å². The Kier molecular flexibility index (Phi) is 7.14. The maximum atomic E-state index is 12.7. The molecule has 0 bridgehead atoms. The van der Waals surface area contributed by atoms with Crippen molar-refractivity contribution in [1.29, 1.82) is 0 Å². The van der Waals surface area contributed by atoms with Crippen molar-refractivity contribution in [1.82, 2.24) is 14.8 Å². The maximum absolute atomic E-state index is 12.7. The molecule has 0 spiro atoms. The van der Waals surface area contributed by atoms with Crippen LogP contribution in [0.1, 0.15) is 48.2 Å². The molecule has 0 aliphatic heterocycles.